The van der Waals surface area contributed by atoms with Crippen molar-refractivity contribution >= 4 is 11.7 Å². The first-order valence-corrected chi connectivity index (χ1v) is 7.32. The zero-order chi connectivity index (χ0) is 16.2. The lowest BCUT2D eigenvalue weighted by atomic mass is 10.1. The maximum atomic E-state index is 12.7. The molecule has 0 fully saturated rings. The molecule has 120 valence electrons. The van der Waals surface area contributed by atoms with E-state index in [2.05, 4.69) is 14.7 Å². The number of hydrogen-bond acceptors (Lipinski definition) is 4. The average Bonchev–Trinajstić information content (AvgIpc) is 2.77. The van der Waals surface area contributed by atoms with E-state index in [1.54, 1.807) is 11.1 Å². The molecular formula is C16H15F2N3O2. The van der Waals surface area contributed by atoms with Gasteiger partial charge < -0.3 is 4.74 Å². The minimum atomic E-state index is -2.94. The molecule has 0 spiro atoms. The summed E-state index contributed by atoms with van der Waals surface area (Å²) in [6.07, 6.45) is 5.65. The second-order valence-corrected chi connectivity index (χ2v) is 5.16. The number of ether oxygens (including phenoxy) is 1. The van der Waals surface area contributed by atoms with Crippen molar-refractivity contribution in [2.24, 2.45) is 0 Å². The summed E-state index contributed by atoms with van der Waals surface area (Å²) in [6.45, 7) is -2.37. The van der Waals surface area contributed by atoms with Crippen LogP contribution in [0.1, 0.15) is 28.8 Å². The van der Waals surface area contributed by atoms with Crippen LogP contribution in [0.15, 0.2) is 36.7 Å². The first-order valence-electron chi connectivity index (χ1n) is 7.32. The van der Waals surface area contributed by atoms with E-state index in [9.17, 15) is 13.6 Å². The van der Waals surface area contributed by atoms with Crippen LogP contribution in [0.5, 0.6) is 5.88 Å². The second-order valence-electron chi connectivity index (χ2n) is 5.16. The van der Waals surface area contributed by atoms with Crippen molar-refractivity contribution in [1.29, 1.82) is 0 Å². The van der Waals surface area contributed by atoms with Gasteiger partial charge in [0, 0.05) is 25.0 Å². The van der Waals surface area contributed by atoms with Crippen LogP contribution in [-0.2, 0) is 6.42 Å². The number of aryl methyl sites for hydroxylation is 1. The fourth-order valence-electron chi connectivity index (χ4n) is 2.58. The van der Waals surface area contributed by atoms with Gasteiger partial charge in [0.1, 0.15) is 5.82 Å². The number of aromatic nitrogens is 2. The fourth-order valence-corrected chi connectivity index (χ4v) is 2.58. The van der Waals surface area contributed by atoms with E-state index in [1.165, 1.54) is 18.3 Å². The standard InChI is InChI=1S/C16H15F2N3O2/c17-16(18)23-13-7-6-12(10-20-13)15(22)21-9-2-1-4-11-5-3-8-19-14(11)21/h3,5-8,10,16H,1-2,4,9H2. The van der Waals surface area contributed by atoms with E-state index in [4.69, 9.17) is 0 Å². The monoisotopic (exact) mass is 319 g/mol. The van der Waals surface area contributed by atoms with Crippen LogP contribution in [0.2, 0.25) is 0 Å². The summed E-state index contributed by atoms with van der Waals surface area (Å²) in [4.78, 5) is 22.4. The van der Waals surface area contributed by atoms with Gasteiger partial charge in [0.15, 0.2) is 0 Å². The zero-order valence-corrected chi connectivity index (χ0v) is 12.3. The quantitative estimate of drug-likeness (QED) is 0.872. The molecule has 0 radical (unpaired) electrons. The van der Waals surface area contributed by atoms with Crippen molar-refractivity contribution in [1.82, 2.24) is 9.97 Å². The van der Waals surface area contributed by atoms with Gasteiger partial charge in [-0.15, -0.1) is 0 Å². The van der Waals surface area contributed by atoms with Crippen LogP contribution in [0, 0.1) is 0 Å². The van der Waals surface area contributed by atoms with Crippen LogP contribution in [-0.4, -0.2) is 29.0 Å². The predicted octanol–water partition coefficient (Wildman–Crippen LogP) is 3.06. The Morgan fingerprint density at radius 1 is 1.22 bits per heavy atom. The van der Waals surface area contributed by atoms with Crippen molar-refractivity contribution in [3.63, 3.8) is 0 Å². The molecule has 3 rings (SSSR count). The molecule has 5 nitrogen and oxygen atoms in total. The Morgan fingerprint density at radius 3 is 2.83 bits per heavy atom. The molecular weight excluding hydrogens is 304 g/mol. The Morgan fingerprint density at radius 2 is 2.09 bits per heavy atom. The topological polar surface area (TPSA) is 55.3 Å². The van der Waals surface area contributed by atoms with Gasteiger partial charge in [-0.05, 0) is 37.0 Å². The Hall–Kier alpha value is -2.57. The third-order valence-electron chi connectivity index (χ3n) is 3.64. The number of hydrogen-bond donors (Lipinski definition) is 0. The highest BCUT2D eigenvalue weighted by molar-refractivity contribution is 6.05. The fraction of sp³-hybridized carbons (Fsp3) is 0.312. The molecule has 23 heavy (non-hydrogen) atoms. The van der Waals surface area contributed by atoms with E-state index in [1.807, 2.05) is 12.1 Å². The largest absolute Gasteiger partial charge is 0.417 e. The van der Waals surface area contributed by atoms with Crippen LogP contribution in [0.3, 0.4) is 0 Å². The first-order chi connectivity index (χ1) is 11.1. The molecule has 1 amide bonds. The number of alkyl halides is 2. The highest BCUT2D eigenvalue weighted by atomic mass is 19.3. The number of carbonyl (C=O) groups is 1. The maximum Gasteiger partial charge on any atom is 0.388 e. The van der Waals surface area contributed by atoms with E-state index in [0.29, 0.717) is 17.9 Å². The van der Waals surface area contributed by atoms with Gasteiger partial charge in [0.05, 0.1) is 5.56 Å². The maximum absolute atomic E-state index is 12.7. The third kappa shape index (κ3) is 3.44. The Bertz CT molecular complexity index is 692. The average molecular weight is 319 g/mol. The van der Waals surface area contributed by atoms with Crippen LogP contribution >= 0.6 is 0 Å². The van der Waals surface area contributed by atoms with Crippen molar-refractivity contribution in [2.75, 3.05) is 11.4 Å². The number of fused-ring (bicyclic) bond motifs is 1. The molecule has 0 saturated carbocycles. The van der Waals surface area contributed by atoms with Gasteiger partial charge in [-0.3, -0.25) is 9.69 Å². The van der Waals surface area contributed by atoms with Crippen LogP contribution < -0.4 is 9.64 Å². The molecule has 1 aliphatic heterocycles. The number of rotatable bonds is 3. The minimum Gasteiger partial charge on any atom is -0.417 e. The molecule has 1 aliphatic rings. The Kier molecular flexibility index (Phi) is 4.45. The van der Waals surface area contributed by atoms with Gasteiger partial charge in [0.25, 0.3) is 5.91 Å². The number of pyridine rings is 2. The minimum absolute atomic E-state index is 0.217. The normalized spacial score (nSPS) is 14.3. The Labute approximate surface area is 131 Å². The molecule has 3 heterocycles. The lowest BCUT2D eigenvalue weighted by Crippen LogP contribution is -2.32. The molecule has 0 aromatic carbocycles. The van der Waals surface area contributed by atoms with Gasteiger partial charge in [-0.2, -0.15) is 8.78 Å². The van der Waals surface area contributed by atoms with Crippen LogP contribution in [0.25, 0.3) is 0 Å². The number of amides is 1. The summed E-state index contributed by atoms with van der Waals surface area (Å²) < 4.78 is 28.5. The number of carbonyl (C=O) groups excluding carboxylic acids is 1. The molecule has 0 atom stereocenters. The molecule has 0 N–H and O–H groups in total. The SMILES string of the molecule is O=C(c1ccc(OC(F)F)nc1)N1CCCCc2cccnc21. The summed E-state index contributed by atoms with van der Waals surface area (Å²) in [5, 5.41) is 0. The van der Waals surface area contributed by atoms with E-state index < -0.39 is 6.61 Å². The molecule has 2 aromatic heterocycles. The van der Waals surface area contributed by atoms with Crippen molar-refractivity contribution in [3.05, 3.63) is 47.8 Å². The number of anilines is 1. The zero-order valence-electron chi connectivity index (χ0n) is 12.3. The van der Waals surface area contributed by atoms with Gasteiger partial charge >= 0.3 is 6.61 Å². The van der Waals surface area contributed by atoms with Crippen molar-refractivity contribution in [2.45, 2.75) is 25.9 Å². The summed E-state index contributed by atoms with van der Waals surface area (Å²) in [6, 6.07) is 6.51. The highest BCUT2D eigenvalue weighted by Gasteiger charge is 2.23. The predicted molar refractivity (Wildman–Crippen MR) is 79.7 cm³/mol. The summed E-state index contributed by atoms with van der Waals surface area (Å²) in [5.74, 6) is 0.191. The molecule has 0 bridgehead atoms. The van der Waals surface area contributed by atoms with Crippen LogP contribution in [0.4, 0.5) is 14.6 Å². The number of nitrogens with zero attached hydrogens (tertiary/aromatic N) is 3. The molecule has 0 aliphatic carbocycles. The molecule has 7 heteroatoms. The molecule has 0 saturated heterocycles. The lowest BCUT2D eigenvalue weighted by molar-refractivity contribution is -0.0528. The third-order valence-corrected chi connectivity index (χ3v) is 3.64. The van der Waals surface area contributed by atoms with Gasteiger partial charge in [-0.1, -0.05) is 6.07 Å². The molecule has 2 aromatic rings. The second kappa shape index (κ2) is 6.68. The van der Waals surface area contributed by atoms with E-state index in [0.717, 1.165) is 24.8 Å². The number of halogens is 2. The highest BCUT2D eigenvalue weighted by Crippen LogP contribution is 2.25. The Balaban J connectivity index is 1.85. The first kappa shape index (κ1) is 15.3. The summed E-state index contributed by atoms with van der Waals surface area (Å²) in [5.41, 5.74) is 1.34. The van der Waals surface area contributed by atoms with Gasteiger partial charge in [-0.25, -0.2) is 9.97 Å². The van der Waals surface area contributed by atoms with Crippen molar-refractivity contribution in [3.8, 4) is 5.88 Å². The lowest BCUT2D eigenvalue weighted by Gasteiger charge is -2.21. The van der Waals surface area contributed by atoms with E-state index in [-0.39, 0.29) is 11.8 Å². The van der Waals surface area contributed by atoms with Gasteiger partial charge in [0.2, 0.25) is 5.88 Å². The summed E-state index contributed by atoms with van der Waals surface area (Å²) in [7, 11) is 0. The van der Waals surface area contributed by atoms with Crippen molar-refractivity contribution < 1.29 is 18.3 Å². The molecule has 0 unspecified atom stereocenters. The summed E-state index contributed by atoms with van der Waals surface area (Å²) >= 11 is 0. The van der Waals surface area contributed by atoms with E-state index >= 15 is 0 Å². The smallest absolute Gasteiger partial charge is 0.388 e.